The molecule has 0 saturated carbocycles. The van der Waals surface area contributed by atoms with Crippen molar-refractivity contribution in [3.05, 3.63) is 108 Å². The summed E-state index contributed by atoms with van der Waals surface area (Å²) in [5, 5.41) is 11.1. The van der Waals surface area contributed by atoms with Crippen LogP contribution in [0.15, 0.2) is 91.0 Å². The molecule has 0 radical (unpaired) electrons. The number of esters is 3. The fourth-order valence-electron chi connectivity index (χ4n) is 3.66. The number of hydrogen-bond donors (Lipinski definition) is 1. The fourth-order valence-corrected chi connectivity index (χ4v) is 3.66. The van der Waals surface area contributed by atoms with E-state index in [0.717, 1.165) is 0 Å². The van der Waals surface area contributed by atoms with Crippen molar-refractivity contribution in [2.24, 2.45) is 0 Å². The topological polar surface area (TPSA) is 108 Å². The zero-order valence-electron chi connectivity index (χ0n) is 18.9. The van der Waals surface area contributed by atoms with Gasteiger partial charge in [0.05, 0.1) is 22.8 Å². The Balaban J connectivity index is 1.56. The number of rotatable bonds is 6. The van der Waals surface area contributed by atoms with E-state index in [1.807, 2.05) is 0 Å². The molecule has 5 atom stereocenters. The van der Waals surface area contributed by atoms with Gasteiger partial charge in [0.2, 0.25) is 6.29 Å². The highest BCUT2D eigenvalue weighted by Crippen LogP contribution is 2.28. The van der Waals surface area contributed by atoms with Crippen molar-refractivity contribution in [1.82, 2.24) is 0 Å². The Morgan fingerprint density at radius 2 is 1.00 bits per heavy atom. The van der Waals surface area contributed by atoms with Gasteiger partial charge in [-0.05, 0) is 43.3 Å². The van der Waals surface area contributed by atoms with Gasteiger partial charge in [-0.15, -0.1) is 0 Å². The molecule has 0 amide bonds. The van der Waals surface area contributed by atoms with Gasteiger partial charge in [0.25, 0.3) is 0 Å². The lowest BCUT2D eigenvalue weighted by molar-refractivity contribution is -0.275. The van der Waals surface area contributed by atoms with Crippen molar-refractivity contribution in [1.29, 1.82) is 0 Å². The molecule has 8 nitrogen and oxygen atoms in total. The molecule has 4 rings (SSSR count). The summed E-state index contributed by atoms with van der Waals surface area (Å²) in [4.78, 5) is 38.0. The molecule has 180 valence electrons. The fraction of sp³-hybridized carbons (Fsp3) is 0.222. The number of hydrogen-bond acceptors (Lipinski definition) is 8. The second-order valence-corrected chi connectivity index (χ2v) is 7.94. The maximum atomic E-state index is 12.8. The summed E-state index contributed by atoms with van der Waals surface area (Å²) in [6.45, 7) is 1.56. The Morgan fingerprint density at radius 1 is 0.629 bits per heavy atom. The van der Waals surface area contributed by atoms with Crippen LogP contribution in [0.25, 0.3) is 0 Å². The third-order valence-electron chi connectivity index (χ3n) is 5.49. The third kappa shape index (κ3) is 5.74. The third-order valence-corrected chi connectivity index (χ3v) is 5.49. The number of aliphatic hydroxyl groups is 1. The van der Waals surface area contributed by atoms with Gasteiger partial charge in [0.1, 0.15) is 6.10 Å². The van der Waals surface area contributed by atoms with Crippen molar-refractivity contribution >= 4 is 17.9 Å². The average Bonchev–Trinajstić information content (AvgIpc) is 2.90. The minimum atomic E-state index is -1.53. The summed E-state index contributed by atoms with van der Waals surface area (Å²) in [7, 11) is 0. The van der Waals surface area contributed by atoms with Gasteiger partial charge in [-0.1, -0.05) is 54.6 Å². The molecule has 1 aliphatic heterocycles. The predicted molar refractivity (Wildman–Crippen MR) is 123 cm³/mol. The van der Waals surface area contributed by atoms with Crippen LogP contribution in [0, 0.1) is 0 Å². The average molecular weight is 476 g/mol. The van der Waals surface area contributed by atoms with Gasteiger partial charge in [-0.3, -0.25) is 0 Å². The van der Waals surface area contributed by atoms with E-state index in [1.165, 1.54) is 0 Å². The van der Waals surface area contributed by atoms with E-state index in [2.05, 4.69) is 0 Å². The van der Waals surface area contributed by atoms with Crippen LogP contribution in [0.4, 0.5) is 0 Å². The Labute approximate surface area is 202 Å². The van der Waals surface area contributed by atoms with Gasteiger partial charge in [-0.2, -0.15) is 0 Å². The lowest BCUT2D eigenvalue weighted by atomic mass is 9.99. The Hall–Kier alpha value is -4.01. The van der Waals surface area contributed by atoms with Crippen molar-refractivity contribution in [2.45, 2.75) is 37.6 Å². The van der Waals surface area contributed by atoms with Crippen LogP contribution in [0.1, 0.15) is 38.0 Å². The van der Waals surface area contributed by atoms with E-state index >= 15 is 0 Å². The van der Waals surface area contributed by atoms with E-state index in [-0.39, 0.29) is 16.7 Å². The van der Waals surface area contributed by atoms with Gasteiger partial charge in [0, 0.05) is 0 Å². The number of carbonyl (C=O) groups is 3. The van der Waals surface area contributed by atoms with Gasteiger partial charge in [-0.25, -0.2) is 14.4 Å². The smallest absolute Gasteiger partial charge is 0.340 e. The molecule has 0 aromatic heterocycles. The largest absolute Gasteiger partial charge is 0.453 e. The zero-order valence-corrected chi connectivity index (χ0v) is 18.9. The van der Waals surface area contributed by atoms with Gasteiger partial charge >= 0.3 is 17.9 Å². The molecule has 0 spiro atoms. The second kappa shape index (κ2) is 10.9. The summed E-state index contributed by atoms with van der Waals surface area (Å²) >= 11 is 0. The summed E-state index contributed by atoms with van der Waals surface area (Å²) < 4.78 is 22.3. The van der Waals surface area contributed by atoms with Crippen LogP contribution in [0.3, 0.4) is 0 Å². The molecular weight excluding hydrogens is 452 g/mol. The van der Waals surface area contributed by atoms with Crippen molar-refractivity contribution in [2.75, 3.05) is 0 Å². The Morgan fingerprint density at radius 3 is 1.43 bits per heavy atom. The second-order valence-electron chi connectivity index (χ2n) is 7.94. The predicted octanol–water partition coefficient (Wildman–Crippen LogP) is 3.40. The lowest BCUT2D eigenvalue weighted by Gasteiger charge is -2.41. The van der Waals surface area contributed by atoms with Crippen LogP contribution in [0.5, 0.6) is 0 Å². The molecule has 3 aromatic rings. The number of ether oxygens (including phenoxy) is 4. The minimum Gasteiger partial charge on any atom is -0.453 e. The highest BCUT2D eigenvalue weighted by Gasteiger charge is 2.50. The van der Waals surface area contributed by atoms with E-state index < -0.39 is 48.6 Å². The molecule has 35 heavy (non-hydrogen) atoms. The minimum absolute atomic E-state index is 0.226. The molecule has 1 heterocycles. The molecule has 0 bridgehead atoms. The lowest BCUT2D eigenvalue weighted by Crippen LogP contribution is -2.60. The molecule has 1 N–H and O–H groups in total. The summed E-state index contributed by atoms with van der Waals surface area (Å²) in [6.07, 6.45) is -6.50. The van der Waals surface area contributed by atoms with E-state index in [4.69, 9.17) is 18.9 Å². The van der Waals surface area contributed by atoms with Crippen LogP contribution in [0.2, 0.25) is 0 Å². The highest BCUT2D eigenvalue weighted by molar-refractivity contribution is 5.91. The number of carbonyl (C=O) groups excluding carboxylic acids is 3. The molecule has 3 aromatic carbocycles. The highest BCUT2D eigenvalue weighted by atomic mass is 16.7. The van der Waals surface area contributed by atoms with E-state index in [9.17, 15) is 19.5 Å². The standard InChI is InChI=1S/C27H24O8/c1-17-22(33-24(29)18-11-5-2-6-12-18)21(28)23(34-25(30)19-13-7-3-8-14-19)27(32-17)35-26(31)20-15-9-4-10-16-20/h2-17,21-23,27-28H,1H3/t17-,21+,22+,23-,27-/m0/s1. The maximum absolute atomic E-state index is 12.8. The first-order chi connectivity index (χ1) is 16.9. The molecule has 0 aliphatic carbocycles. The normalized spacial score (nSPS) is 23.7. The van der Waals surface area contributed by atoms with Crippen molar-refractivity contribution < 1.29 is 38.4 Å². The summed E-state index contributed by atoms with van der Waals surface area (Å²) in [5.41, 5.74) is 0.760. The molecule has 1 aliphatic rings. The van der Waals surface area contributed by atoms with Crippen LogP contribution >= 0.6 is 0 Å². The monoisotopic (exact) mass is 476 g/mol. The molecule has 0 unspecified atom stereocenters. The first kappa shape index (κ1) is 24.1. The first-order valence-corrected chi connectivity index (χ1v) is 11.1. The number of benzene rings is 3. The van der Waals surface area contributed by atoms with Crippen molar-refractivity contribution in [3.63, 3.8) is 0 Å². The molecule has 8 heteroatoms. The van der Waals surface area contributed by atoms with E-state index in [0.29, 0.717) is 0 Å². The first-order valence-electron chi connectivity index (χ1n) is 11.1. The van der Waals surface area contributed by atoms with Gasteiger partial charge < -0.3 is 24.1 Å². The summed E-state index contributed by atoms with van der Waals surface area (Å²) in [6, 6.07) is 24.6. The Bertz CT molecular complexity index is 1150. The van der Waals surface area contributed by atoms with Crippen LogP contribution < -0.4 is 0 Å². The SMILES string of the molecule is C[C@@H]1O[C@@H](OC(=O)c2ccccc2)[C@@H](OC(=O)c2ccccc2)[C@H](O)[C@@H]1OC(=O)c1ccccc1. The molecular formula is C27H24O8. The number of aliphatic hydroxyl groups excluding tert-OH is 1. The molecule has 1 saturated heterocycles. The summed E-state index contributed by atoms with van der Waals surface area (Å²) in [5.74, 6) is -2.17. The Kier molecular flexibility index (Phi) is 7.54. The van der Waals surface area contributed by atoms with Crippen LogP contribution in [-0.4, -0.2) is 53.7 Å². The quantitative estimate of drug-likeness (QED) is 0.426. The van der Waals surface area contributed by atoms with Gasteiger partial charge in [0.15, 0.2) is 12.2 Å². The molecule has 1 fully saturated rings. The van der Waals surface area contributed by atoms with E-state index in [1.54, 1.807) is 97.9 Å². The van der Waals surface area contributed by atoms with Crippen molar-refractivity contribution in [3.8, 4) is 0 Å². The zero-order chi connectivity index (χ0) is 24.8. The van der Waals surface area contributed by atoms with Crippen LogP contribution in [-0.2, 0) is 18.9 Å². The maximum Gasteiger partial charge on any atom is 0.340 e.